The summed E-state index contributed by atoms with van der Waals surface area (Å²) in [6, 6.07) is 0. The minimum atomic E-state index is -3.04. The SMILES string of the molecule is NC(=NO)C1(C(=O)N2CCS(=O)(=O)CC2)CCCCCC1. The van der Waals surface area contributed by atoms with Gasteiger partial charge in [0.15, 0.2) is 15.7 Å². The van der Waals surface area contributed by atoms with Crippen molar-refractivity contribution in [3.8, 4) is 0 Å². The zero-order valence-electron chi connectivity index (χ0n) is 12.1. The van der Waals surface area contributed by atoms with E-state index in [-0.39, 0.29) is 36.3 Å². The van der Waals surface area contributed by atoms with Gasteiger partial charge in [-0.3, -0.25) is 4.79 Å². The average molecular weight is 317 g/mol. The Kier molecular flexibility index (Phi) is 4.75. The lowest BCUT2D eigenvalue weighted by Crippen LogP contribution is -2.54. The Morgan fingerprint density at radius 3 is 2.10 bits per heavy atom. The molecule has 0 unspecified atom stereocenters. The average Bonchev–Trinajstić information content (AvgIpc) is 2.72. The number of hydrogen-bond acceptors (Lipinski definition) is 5. The Balaban J connectivity index is 2.22. The Hall–Kier alpha value is -1.31. The first-order valence-electron chi connectivity index (χ1n) is 7.39. The van der Waals surface area contributed by atoms with Crippen molar-refractivity contribution in [2.45, 2.75) is 38.5 Å². The molecule has 1 saturated heterocycles. The first-order chi connectivity index (χ1) is 9.91. The highest BCUT2D eigenvalue weighted by atomic mass is 32.2. The van der Waals surface area contributed by atoms with Gasteiger partial charge in [0.05, 0.1) is 11.5 Å². The molecule has 0 bridgehead atoms. The summed E-state index contributed by atoms with van der Waals surface area (Å²) >= 11 is 0. The highest BCUT2D eigenvalue weighted by Gasteiger charge is 2.46. The van der Waals surface area contributed by atoms with Crippen molar-refractivity contribution in [3.63, 3.8) is 0 Å². The van der Waals surface area contributed by atoms with Crippen LogP contribution in [0.2, 0.25) is 0 Å². The summed E-state index contributed by atoms with van der Waals surface area (Å²) in [5, 5.41) is 12.2. The Morgan fingerprint density at radius 2 is 1.62 bits per heavy atom. The largest absolute Gasteiger partial charge is 0.409 e. The van der Waals surface area contributed by atoms with E-state index in [1.807, 2.05) is 0 Å². The molecule has 1 aliphatic carbocycles. The second-order valence-electron chi connectivity index (χ2n) is 5.93. The topological polar surface area (TPSA) is 113 Å². The number of sulfone groups is 1. The fraction of sp³-hybridized carbons (Fsp3) is 0.846. The molecule has 7 nitrogen and oxygen atoms in total. The van der Waals surface area contributed by atoms with Crippen LogP contribution in [0.25, 0.3) is 0 Å². The zero-order chi connectivity index (χ0) is 15.5. The first kappa shape index (κ1) is 16.1. The van der Waals surface area contributed by atoms with Gasteiger partial charge in [0.1, 0.15) is 5.41 Å². The highest BCUT2D eigenvalue weighted by Crippen LogP contribution is 2.37. The van der Waals surface area contributed by atoms with Gasteiger partial charge in [0, 0.05) is 13.1 Å². The lowest BCUT2D eigenvalue weighted by molar-refractivity contribution is -0.138. The lowest BCUT2D eigenvalue weighted by Gasteiger charge is -2.37. The Labute approximate surface area is 125 Å². The molecule has 2 rings (SSSR count). The van der Waals surface area contributed by atoms with Gasteiger partial charge >= 0.3 is 0 Å². The van der Waals surface area contributed by atoms with Crippen LogP contribution >= 0.6 is 0 Å². The molecule has 0 aromatic rings. The van der Waals surface area contributed by atoms with Crippen molar-refractivity contribution in [3.05, 3.63) is 0 Å². The van der Waals surface area contributed by atoms with Crippen LogP contribution in [0.1, 0.15) is 38.5 Å². The van der Waals surface area contributed by atoms with Crippen LogP contribution in [0.3, 0.4) is 0 Å². The molecule has 8 heteroatoms. The number of nitrogens with two attached hydrogens (primary N) is 1. The van der Waals surface area contributed by atoms with Crippen LogP contribution < -0.4 is 5.73 Å². The molecule has 1 saturated carbocycles. The van der Waals surface area contributed by atoms with Crippen molar-refractivity contribution in [1.82, 2.24) is 4.90 Å². The van der Waals surface area contributed by atoms with Crippen LogP contribution in [0.15, 0.2) is 5.16 Å². The maximum Gasteiger partial charge on any atom is 0.236 e. The van der Waals surface area contributed by atoms with E-state index < -0.39 is 15.3 Å². The van der Waals surface area contributed by atoms with Gasteiger partial charge < -0.3 is 15.8 Å². The Morgan fingerprint density at radius 1 is 1.10 bits per heavy atom. The minimum absolute atomic E-state index is 0.00894. The predicted molar refractivity (Wildman–Crippen MR) is 78.8 cm³/mol. The van der Waals surface area contributed by atoms with Crippen molar-refractivity contribution >= 4 is 21.6 Å². The molecule has 21 heavy (non-hydrogen) atoms. The zero-order valence-corrected chi connectivity index (χ0v) is 12.9. The van der Waals surface area contributed by atoms with Crippen LogP contribution in [0.4, 0.5) is 0 Å². The van der Waals surface area contributed by atoms with Gasteiger partial charge in [-0.05, 0) is 12.8 Å². The van der Waals surface area contributed by atoms with Gasteiger partial charge in [-0.1, -0.05) is 30.8 Å². The van der Waals surface area contributed by atoms with E-state index in [1.165, 1.54) is 0 Å². The third-order valence-corrected chi connectivity index (χ3v) is 6.21. The fourth-order valence-electron chi connectivity index (χ4n) is 3.23. The molecule has 0 aromatic carbocycles. The maximum absolute atomic E-state index is 12.9. The third-order valence-electron chi connectivity index (χ3n) is 4.60. The summed E-state index contributed by atoms with van der Waals surface area (Å²) in [4.78, 5) is 14.5. The van der Waals surface area contributed by atoms with E-state index in [9.17, 15) is 13.2 Å². The number of hydrogen-bond donors (Lipinski definition) is 2. The summed E-state index contributed by atoms with van der Waals surface area (Å²) in [6.45, 7) is 0.392. The molecule has 2 fully saturated rings. The number of oxime groups is 1. The summed E-state index contributed by atoms with van der Waals surface area (Å²) in [7, 11) is -3.04. The van der Waals surface area contributed by atoms with Crippen molar-refractivity contribution in [2.24, 2.45) is 16.3 Å². The van der Waals surface area contributed by atoms with E-state index in [0.717, 1.165) is 25.7 Å². The molecular weight excluding hydrogens is 294 g/mol. The van der Waals surface area contributed by atoms with Gasteiger partial charge in [-0.25, -0.2) is 8.42 Å². The standard InChI is InChI=1S/C13H23N3O4S/c14-11(15-18)13(5-3-1-2-4-6-13)12(17)16-7-9-21(19,20)10-8-16/h18H,1-10H2,(H2,14,15). The molecule has 3 N–H and O–H groups in total. The number of amidine groups is 1. The maximum atomic E-state index is 12.9. The van der Waals surface area contributed by atoms with Crippen LogP contribution in [0, 0.1) is 5.41 Å². The second kappa shape index (κ2) is 6.21. The minimum Gasteiger partial charge on any atom is -0.409 e. The van der Waals surface area contributed by atoms with Gasteiger partial charge in [0.25, 0.3) is 0 Å². The van der Waals surface area contributed by atoms with E-state index in [2.05, 4.69) is 5.16 Å². The molecule has 1 aliphatic heterocycles. The van der Waals surface area contributed by atoms with Crippen molar-refractivity contribution in [1.29, 1.82) is 0 Å². The molecule has 120 valence electrons. The highest BCUT2D eigenvalue weighted by molar-refractivity contribution is 7.91. The van der Waals surface area contributed by atoms with E-state index in [4.69, 9.17) is 10.9 Å². The summed E-state index contributed by atoms with van der Waals surface area (Å²) in [5.41, 5.74) is 4.88. The number of carbonyl (C=O) groups excluding carboxylic acids is 1. The van der Waals surface area contributed by atoms with Crippen LogP contribution in [-0.4, -0.2) is 54.9 Å². The lowest BCUT2D eigenvalue weighted by atomic mass is 9.77. The summed E-state index contributed by atoms with van der Waals surface area (Å²) in [5.74, 6) is -0.242. The molecule has 0 atom stereocenters. The number of amides is 1. The molecular formula is C13H23N3O4S. The van der Waals surface area contributed by atoms with E-state index in [1.54, 1.807) is 4.90 Å². The van der Waals surface area contributed by atoms with E-state index in [0.29, 0.717) is 12.8 Å². The van der Waals surface area contributed by atoms with Crippen LogP contribution in [0.5, 0.6) is 0 Å². The normalized spacial score (nSPS) is 26.1. The molecule has 0 radical (unpaired) electrons. The van der Waals surface area contributed by atoms with Crippen molar-refractivity contribution < 1.29 is 18.4 Å². The van der Waals surface area contributed by atoms with Crippen molar-refractivity contribution in [2.75, 3.05) is 24.6 Å². The third kappa shape index (κ3) is 3.30. The summed E-state index contributed by atoms with van der Waals surface area (Å²) < 4.78 is 23.0. The smallest absolute Gasteiger partial charge is 0.236 e. The molecule has 1 heterocycles. The quantitative estimate of drug-likeness (QED) is 0.250. The Bertz CT molecular complexity index is 508. The summed E-state index contributed by atoms with van der Waals surface area (Å²) in [6.07, 6.45) is 4.89. The fourth-order valence-corrected chi connectivity index (χ4v) is 4.43. The molecule has 0 aromatic heterocycles. The molecule has 1 amide bonds. The monoisotopic (exact) mass is 317 g/mol. The second-order valence-corrected chi connectivity index (χ2v) is 8.23. The van der Waals surface area contributed by atoms with Gasteiger partial charge in [-0.2, -0.15) is 0 Å². The predicted octanol–water partition coefficient (Wildman–Crippen LogP) is 0.330. The number of rotatable bonds is 2. The number of carbonyl (C=O) groups is 1. The van der Waals surface area contributed by atoms with Gasteiger partial charge in [-0.15, -0.1) is 0 Å². The van der Waals surface area contributed by atoms with Gasteiger partial charge in [0.2, 0.25) is 5.91 Å². The molecule has 2 aliphatic rings. The van der Waals surface area contributed by atoms with Crippen LogP contribution in [-0.2, 0) is 14.6 Å². The first-order valence-corrected chi connectivity index (χ1v) is 9.21. The number of nitrogens with zero attached hydrogens (tertiary/aromatic N) is 2. The van der Waals surface area contributed by atoms with E-state index >= 15 is 0 Å². The molecule has 0 spiro atoms.